The van der Waals surface area contributed by atoms with Gasteiger partial charge in [0.05, 0.1) is 0 Å². The Morgan fingerprint density at radius 1 is 0.833 bits per heavy atom. The Balaban J connectivity index is 0.000000264. The highest BCUT2D eigenvalue weighted by molar-refractivity contribution is 6.42. The number of rotatable bonds is 0. The van der Waals surface area contributed by atoms with E-state index in [0.717, 1.165) is 23.5 Å². The van der Waals surface area contributed by atoms with Crippen molar-refractivity contribution in [2.45, 2.75) is 57.6 Å². The van der Waals surface area contributed by atoms with E-state index in [1.54, 1.807) is 12.8 Å². The second-order valence-electron chi connectivity index (χ2n) is 4.36. The first-order valence-electron chi connectivity index (χ1n) is 5.80. The maximum Gasteiger partial charge on any atom is 0.118 e. The van der Waals surface area contributed by atoms with Gasteiger partial charge in [0.25, 0.3) is 0 Å². The third-order valence-corrected chi connectivity index (χ3v) is 4.05. The maximum atomic E-state index is 2.68. The molecule has 3 fully saturated rings. The van der Waals surface area contributed by atoms with E-state index in [-0.39, 0.29) is 0 Å². The van der Waals surface area contributed by atoms with Crippen molar-refractivity contribution in [1.29, 1.82) is 0 Å². The molecule has 0 spiro atoms. The zero-order valence-electron chi connectivity index (χ0n) is 8.42. The van der Waals surface area contributed by atoms with Crippen LogP contribution in [0.2, 0.25) is 11.6 Å². The summed E-state index contributed by atoms with van der Waals surface area (Å²) in [5, 5.41) is 0. The fourth-order valence-corrected chi connectivity index (χ4v) is 3.69. The molecule has 0 aromatic rings. The van der Waals surface area contributed by atoms with Crippen LogP contribution in [0.25, 0.3) is 0 Å². The van der Waals surface area contributed by atoms with Gasteiger partial charge in [0, 0.05) is 0 Å². The number of hydrogen-bond acceptors (Lipinski definition) is 0. The Labute approximate surface area is 77.4 Å². The van der Waals surface area contributed by atoms with Crippen LogP contribution in [0.5, 0.6) is 0 Å². The molecule has 2 saturated heterocycles. The molecule has 1 radical (unpaired) electrons. The molecule has 2 bridgehead atoms. The molecule has 3 rings (SSSR count). The largest absolute Gasteiger partial charge is 0.118 e. The maximum absolute atomic E-state index is 2.68. The second-order valence-corrected chi connectivity index (χ2v) is 4.36. The zero-order valence-corrected chi connectivity index (χ0v) is 8.42. The van der Waals surface area contributed by atoms with Gasteiger partial charge in [-0.3, -0.25) is 0 Å². The lowest BCUT2D eigenvalue weighted by atomic mass is 9.64. The Kier molecular flexibility index (Phi) is 2.48. The summed E-state index contributed by atoms with van der Waals surface area (Å²) < 4.78 is 0. The van der Waals surface area contributed by atoms with Gasteiger partial charge in [-0.2, -0.15) is 0 Å². The number of hydrogen-bond donors (Lipinski definition) is 0. The lowest BCUT2D eigenvalue weighted by Crippen LogP contribution is -2.10. The minimum atomic E-state index is 1.07. The first-order chi connectivity index (χ1) is 5.95. The quantitative estimate of drug-likeness (QED) is 0.479. The van der Waals surface area contributed by atoms with Crippen LogP contribution in [0.4, 0.5) is 0 Å². The molecule has 2 aliphatic heterocycles. The monoisotopic (exact) mass is 163 g/mol. The minimum absolute atomic E-state index is 1.07. The summed E-state index contributed by atoms with van der Waals surface area (Å²) in [4.78, 5) is 0. The molecule has 12 heavy (non-hydrogen) atoms. The molecule has 2 heterocycles. The molecule has 0 aromatic carbocycles. The van der Waals surface area contributed by atoms with Crippen LogP contribution in [0.15, 0.2) is 0 Å². The SMILES string of the molecule is CC.[B]1C2CCC1C1CCCC21. The first-order valence-corrected chi connectivity index (χ1v) is 5.80. The standard InChI is InChI=1S/C9H14B.C2H6/c1-2-6-7(3-1)9-5-4-8(6)10-9;1-2/h6-9H,1-5H2;1-2H3. The summed E-state index contributed by atoms with van der Waals surface area (Å²) in [5.41, 5.74) is 0. The molecule has 0 nitrogen and oxygen atoms in total. The molecule has 0 aromatic heterocycles. The van der Waals surface area contributed by atoms with Crippen molar-refractivity contribution in [2.75, 3.05) is 0 Å². The van der Waals surface area contributed by atoms with Crippen molar-refractivity contribution in [2.24, 2.45) is 11.8 Å². The van der Waals surface area contributed by atoms with Crippen molar-refractivity contribution < 1.29 is 0 Å². The third-order valence-electron chi connectivity index (χ3n) is 4.05. The van der Waals surface area contributed by atoms with Crippen molar-refractivity contribution in [3.63, 3.8) is 0 Å². The van der Waals surface area contributed by atoms with Crippen molar-refractivity contribution in [1.82, 2.24) is 0 Å². The summed E-state index contributed by atoms with van der Waals surface area (Å²) in [6.45, 7) is 4.00. The third kappa shape index (κ3) is 1.13. The summed E-state index contributed by atoms with van der Waals surface area (Å²) in [5.74, 6) is 4.44. The van der Waals surface area contributed by atoms with E-state index < -0.39 is 0 Å². The van der Waals surface area contributed by atoms with Gasteiger partial charge in [-0.15, -0.1) is 0 Å². The molecule has 67 valence electrons. The smallest absolute Gasteiger partial charge is 0.0683 e. The highest BCUT2D eigenvalue weighted by Gasteiger charge is 2.49. The van der Waals surface area contributed by atoms with Crippen molar-refractivity contribution in [3.05, 3.63) is 0 Å². The van der Waals surface area contributed by atoms with Crippen molar-refractivity contribution in [3.8, 4) is 0 Å². The Hall–Kier alpha value is 0.0649. The molecular formula is C11H20B. The zero-order chi connectivity index (χ0) is 8.55. The van der Waals surface area contributed by atoms with Crippen LogP contribution in [-0.2, 0) is 0 Å². The highest BCUT2D eigenvalue weighted by atomic mass is 14.5. The summed E-state index contributed by atoms with van der Waals surface area (Å²) in [6, 6.07) is 0. The van der Waals surface area contributed by atoms with Gasteiger partial charge in [0.15, 0.2) is 0 Å². The van der Waals surface area contributed by atoms with Crippen LogP contribution in [0.3, 0.4) is 0 Å². The van der Waals surface area contributed by atoms with Gasteiger partial charge in [-0.05, 0) is 11.8 Å². The van der Waals surface area contributed by atoms with E-state index in [2.05, 4.69) is 7.28 Å². The molecule has 1 aliphatic carbocycles. The second kappa shape index (κ2) is 3.43. The van der Waals surface area contributed by atoms with E-state index in [9.17, 15) is 0 Å². The van der Waals surface area contributed by atoms with Crippen LogP contribution < -0.4 is 0 Å². The number of fused-ring (bicyclic) bond motifs is 5. The van der Waals surface area contributed by atoms with E-state index >= 15 is 0 Å². The molecule has 1 saturated carbocycles. The van der Waals surface area contributed by atoms with E-state index in [1.165, 1.54) is 19.3 Å². The molecule has 4 unspecified atom stereocenters. The van der Waals surface area contributed by atoms with Gasteiger partial charge in [0.1, 0.15) is 7.28 Å². The topological polar surface area (TPSA) is 0 Å². The van der Waals surface area contributed by atoms with Crippen LogP contribution in [0, 0.1) is 11.8 Å². The minimum Gasteiger partial charge on any atom is -0.0683 e. The Morgan fingerprint density at radius 2 is 1.33 bits per heavy atom. The molecule has 0 amide bonds. The summed E-state index contributed by atoms with van der Waals surface area (Å²) in [7, 11) is 2.68. The molecule has 0 N–H and O–H groups in total. The van der Waals surface area contributed by atoms with E-state index in [0.29, 0.717) is 0 Å². The highest BCUT2D eigenvalue weighted by Crippen LogP contribution is 2.60. The first kappa shape index (κ1) is 8.65. The van der Waals surface area contributed by atoms with E-state index in [1.807, 2.05) is 13.8 Å². The van der Waals surface area contributed by atoms with Crippen molar-refractivity contribution >= 4 is 7.28 Å². The lowest BCUT2D eigenvalue weighted by molar-refractivity contribution is 0.321. The van der Waals surface area contributed by atoms with Gasteiger partial charge in [0.2, 0.25) is 0 Å². The predicted octanol–water partition coefficient (Wildman–Crippen LogP) is 3.52. The molecule has 3 aliphatic rings. The van der Waals surface area contributed by atoms with Crippen LogP contribution in [0.1, 0.15) is 46.0 Å². The molecule has 1 heteroatoms. The molecule has 4 atom stereocenters. The van der Waals surface area contributed by atoms with Gasteiger partial charge in [-0.25, -0.2) is 0 Å². The van der Waals surface area contributed by atoms with Gasteiger partial charge < -0.3 is 0 Å². The fourth-order valence-electron chi connectivity index (χ4n) is 3.69. The van der Waals surface area contributed by atoms with Crippen LogP contribution in [-0.4, -0.2) is 7.28 Å². The average Bonchev–Trinajstić information content (AvgIpc) is 2.81. The predicted molar refractivity (Wildman–Crippen MR) is 54.7 cm³/mol. The summed E-state index contributed by atoms with van der Waals surface area (Å²) in [6.07, 6.45) is 7.72. The van der Waals surface area contributed by atoms with Crippen LogP contribution >= 0.6 is 0 Å². The van der Waals surface area contributed by atoms with Gasteiger partial charge in [-0.1, -0.05) is 57.6 Å². The lowest BCUT2D eigenvalue weighted by Gasteiger charge is -2.24. The fraction of sp³-hybridized carbons (Fsp3) is 1.00. The average molecular weight is 163 g/mol. The Morgan fingerprint density at radius 3 is 1.83 bits per heavy atom. The van der Waals surface area contributed by atoms with E-state index in [4.69, 9.17) is 0 Å². The Bertz CT molecular complexity index is 139. The molecular weight excluding hydrogens is 143 g/mol. The van der Waals surface area contributed by atoms with Gasteiger partial charge >= 0.3 is 0 Å². The normalized spacial score (nSPS) is 47.8. The summed E-state index contributed by atoms with van der Waals surface area (Å²) >= 11 is 0.